The quantitative estimate of drug-likeness (QED) is 0.785. The summed E-state index contributed by atoms with van der Waals surface area (Å²) < 4.78 is 13.3. The minimum absolute atomic E-state index is 0.0976. The van der Waals surface area contributed by atoms with E-state index in [1.165, 1.54) is 11.0 Å². The number of likely N-dealkylation sites (tertiary alicyclic amines) is 1. The Morgan fingerprint density at radius 2 is 1.94 bits per heavy atom. The molecule has 1 amide bonds. The third-order valence-corrected chi connectivity index (χ3v) is 3.83. The van der Waals surface area contributed by atoms with Crippen LogP contribution in [0.4, 0.5) is 4.39 Å². The molecule has 6 heteroatoms. The fourth-order valence-electron chi connectivity index (χ4n) is 1.77. The zero-order chi connectivity index (χ0) is 13.1. The average Bonchev–Trinajstić information content (AvgIpc) is 2.68. The Morgan fingerprint density at radius 3 is 2.56 bits per heavy atom. The lowest BCUT2D eigenvalue weighted by Gasteiger charge is -2.14. The molecule has 1 saturated heterocycles. The summed E-state index contributed by atoms with van der Waals surface area (Å²) in [5, 5.41) is 18.7. The maximum atomic E-state index is 13.3. The zero-order valence-corrected chi connectivity index (χ0v) is 10.4. The van der Waals surface area contributed by atoms with Gasteiger partial charge in [0.15, 0.2) is 0 Å². The van der Waals surface area contributed by atoms with Gasteiger partial charge in [-0.2, -0.15) is 0 Å². The summed E-state index contributed by atoms with van der Waals surface area (Å²) in [6, 6.07) is 6.25. The molecule has 0 radical (unpaired) electrons. The van der Waals surface area contributed by atoms with Crippen molar-refractivity contribution in [1.82, 2.24) is 4.90 Å². The number of aliphatic hydroxyl groups is 2. The molecule has 0 aliphatic carbocycles. The highest BCUT2D eigenvalue weighted by Gasteiger charge is 2.32. The van der Waals surface area contributed by atoms with Gasteiger partial charge in [-0.3, -0.25) is 4.79 Å². The Labute approximate surface area is 108 Å². The van der Waals surface area contributed by atoms with Crippen LogP contribution in [-0.2, 0) is 4.79 Å². The van der Waals surface area contributed by atoms with Crippen molar-refractivity contribution in [3.63, 3.8) is 0 Å². The van der Waals surface area contributed by atoms with Crippen LogP contribution >= 0.6 is 11.8 Å². The Hall–Kier alpha value is -1.11. The minimum atomic E-state index is -0.882. The lowest BCUT2D eigenvalue weighted by molar-refractivity contribution is -0.127. The smallest absolute Gasteiger partial charge is 0.233 e. The highest BCUT2D eigenvalue weighted by Crippen LogP contribution is 2.22. The van der Waals surface area contributed by atoms with E-state index in [2.05, 4.69) is 0 Å². The summed E-state index contributed by atoms with van der Waals surface area (Å²) >= 11 is 1.11. The van der Waals surface area contributed by atoms with Crippen LogP contribution < -0.4 is 0 Å². The number of hydrogen-bond donors (Lipinski definition) is 2. The molecule has 1 aromatic rings. The number of benzene rings is 1. The lowest BCUT2D eigenvalue weighted by Crippen LogP contribution is -2.31. The second-order valence-corrected chi connectivity index (χ2v) is 5.17. The van der Waals surface area contributed by atoms with Crippen molar-refractivity contribution >= 4 is 17.7 Å². The molecule has 1 heterocycles. The summed E-state index contributed by atoms with van der Waals surface area (Å²) in [7, 11) is 0. The highest BCUT2D eigenvalue weighted by molar-refractivity contribution is 8.00. The van der Waals surface area contributed by atoms with E-state index in [4.69, 9.17) is 0 Å². The van der Waals surface area contributed by atoms with Crippen LogP contribution in [0.5, 0.6) is 0 Å². The fraction of sp³-hybridized carbons (Fsp3) is 0.417. The Kier molecular flexibility index (Phi) is 4.21. The molecular formula is C12H14FNO3S. The van der Waals surface area contributed by atoms with E-state index in [-0.39, 0.29) is 30.6 Å². The maximum Gasteiger partial charge on any atom is 0.233 e. The van der Waals surface area contributed by atoms with E-state index < -0.39 is 12.2 Å². The molecule has 1 aromatic carbocycles. The van der Waals surface area contributed by atoms with Crippen molar-refractivity contribution < 1.29 is 19.4 Å². The Balaban J connectivity index is 1.88. The van der Waals surface area contributed by atoms with E-state index >= 15 is 0 Å². The molecule has 1 aliphatic heterocycles. The minimum Gasteiger partial charge on any atom is -0.388 e. The van der Waals surface area contributed by atoms with E-state index in [1.807, 2.05) is 0 Å². The summed E-state index contributed by atoms with van der Waals surface area (Å²) in [5.74, 6) is -0.462. The van der Waals surface area contributed by atoms with Gasteiger partial charge in [-0.05, 0) is 12.1 Å². The van der Waals surface area contributed by atoms with Crippen LogP contribution in [0.15, 0.2) is 29.2 Å². The van der Waals surface area contributed by atoms with Crippen molar-refractivity contribution in [1.29, 1.82) is 0 Å². The third kappa shape index (κ3) is 3.01. The van der Waals surface area contributed by atoms with Gasteiger partial charge < -0.3 is 15.1 Å². The van der Waals surface area contributed by atoms with E-state index in [9.17, 15) is 19.4 Å². The second kappa shape index (κ2) is 5.69. The number of carbonyl (C=O) groups is 1. The number of amides is 1. The molecule has 2 N–H and O–H groups in total. The van der Waals surface area contributed by atoms with Crippen molar-refractivity contribution in [2.24, 2.45) is 0 Å². The van der Waals surface area contributed by atoms with Crippen LogP contribution in [0.1, 0.15) is 0 Å². The first kappa shape index (κ1) is 13.3. The van der Waals surface area contributed by atoms with Crippen LogP contribution in [0, 0.1) is 5.82 Å². The molecule has 98 valence electrons. The van der Waals surface area contributed by atoms with Gasteiger partial charge in [0.1, 0.15) is 5.82 Å². The van der Waals surface area contributed by atoms with Crippen molar-refractivity contribution in [3.8, 4) is 0 Å². The molecular weight excluding hydrogens is 257 g/mol. The summed E-state index contributed by atoms with van der Waals surface area (Å²) in [6.45, 7) is 0.273. The number of nitrogens with zero attached hydrogens (tertiary/aromatic N) is 1. The molecule has 2 atom stereocenters. The van der Waals surface area contributed by atoms with Crippen LogP contribution in [-0.4, -0.2) is 52.1 Å². The van der Waals surface area contributed by atoms with Crippen molar-refractivity contribution in [3.05, 3.63) is 30.1 Å². The number of carbonyl (C=O) groups excluding carboxylic acids is 1. The molecule has 0 unspecified atom stereocenters. The topological polar surface area (TPSA) is 60.8 Å². The molecule has 1 fully saturated rings. The summed E-state index contributed by atoms with van der Waals surface area (Å²) in [6.07, 6.45) is -1.76. The Bertz CT molecular complexity index is 433. The van der Waals surface area contributed by atoms with Crippen molar-refractivity contribution in [2.45, 2.75) is 17.1 Å². The first-order chi connectivity index (χ1) is 8.58. The van der Waals surface area contributed by atoms with E-state index in [0.29, 0.717) is 4.90 Å². The number of rotatable bonds is 3. The third-order valence-electron chi connectivity index (χ3n) is 2.80. The molecule has 4 nitrogen and oxygen atoms in total. The molecule has 2 rings (SSSR count). The molecule has 1 aliphatic rings. The van der Waals surface area contributed by atoms with Crippen LogP contribution in [0.25, 0.3) is 0 Å². The summed E-state index contributed by atoms with van der Waals surface area (Å²) in [5.41, 5.74) is 0. The van der Waals surface area contributed by atoms with Gasteiger partial charge in [0.2, 0.25) is 5.91 Å². The average molecular weight is 271 g/mol. The first-order valence-corrected chi connectivity index (χ1v) is 6.57. The van der Waals surface area contributed by atoms with Gasteiger partial charge in [0.25, 0.3) is 0 Å². The standard InChI is InChI=1S/C12H14FNO3S/c13-8-3-1-2-4-11(8)18-7-12(17)14-5-9(15)10(16)6-14/h1-4,9-10,15-16H,5-7H2/t9-,10+. The second-order valence-electron chi connectivity index (χ2n) is 4.15. The van der Waals surface area contributed by atoms with E-state index in [0.717, 1.165) is 11.8 Å². The highest BCUT2D eigenvalue weighted by atomic mass is 32.2. The number of thioether (sulfide) groups is 1. The number of aliphatic hydroxyl groups excluding tert-OH is 2. The summed E-state index contributed by atoms with van der Waals surface area (Å²) in [4.78, 5) is 13.6. The Morgan fingerprint density at radius 1 is 1.33 bits per heavy atom. The number of halogens is 1. The maximum absolute atomic E-state index is 13.3. The fourth-order valence-corrected chi connectivity index (χ4v) is 2.61. The SMILES string of the molecule is O=C(CSc1ccccc1F)N1C[C@@H](O)[C@@H](O)C1. The van der Waals surface area contributed by atoms with Crippen molar-refractivity contribution in [2.75, 3.05) is 18.8 Å². The van der Waals surface area contributed by atoms with Gasteiger partial charge in [-0.25, -0.2) is 4.39 Å². The molecule has 0 saturated carbocycles. The van der Waals surface area contributed by atoms with Crippen LogP contribution in [0.2, 0.25) is 0 Å². The molecule has 0 bridgehead atoms. The molecule has 0 aromatic heterocycles. The van der Waals surface area contributed by atoms with Crippen LogP contribution in [0.3, 0.4) is 0 Å². The van der Waals surface area contributed by atoms with E-state index in [1.54, 1.807) is 18.2 Å². The van der Waals surface area contributed by atoms with Gasteiger partial charge in [0.05, 0.1) is 18.0 Å². The monoisotopic (exact) mass is 271 g/mol. The zero-order valence-electron chi connectivity index (χ0n) is 9.62. The largest absolute Gasteiger partial charge is 0.388 e. The van der Waals surface area contributed by atoms with Gasteiger partial charge in [-0.1, -0.05) is 12.1 Å². The van der Waals surface area contributed by atoms with Gasteiger partial charge in [0, 0.05) is 18.0 Å². The lowest BCUT2D eigenvalue weighted by atomic mass is 10.3. The van der Waals surface area contributed by atoms with Gasteiger partial charge in [-0.15, -0.1) is 11.8 Å². The number of hydrogen-bond acceptors (Lipinski definition) is 4. The normalized spacial score (nSPS) is 23.4. The molecule has 18 heavy (non-hydrogen) atoms. The van der Waals surface area contributed by atoms with Gasteiger partial charge >= 0.3 is 0 Å². The molecule has 0 spiro atoms. The predicted molar refractivity (Wildman–Crippen MR) is 65.7 cm³/mol. The predicted octanol–water partition coefficient (Wildman–Crippen LogP) is 0.482. The first-order valence-electron chi connectivity index (χ1n) is 5.59. The number of β-amino-alcohol motifs (C(OH)–C–C–N with tert-alkyl or cyclic N) is 2.